The monoisotopic (exact) mass is 522 g/mol. The summed E-state index contributed by atoms with van der Waals surface area (Å²) in [6, 6.07) is 21.6. The number of aliphatic imine (C=N–C) groups is 1. The van der Waals surface area contributed by atoms with Crippen LogP contribution in [0.5, 0.6) is 0 Å². The number of amides is 2. The van der Waals surface area contributed by atoms with Gasteiger partial charge >= 0.3 is 0 Å². The number of hydrogen-bond donors (Lipinski definition) is 2. The molecule has 1 saturated heterocycles. The van der Waals surface area contributed by atoms with E-state index >= 15 is 0 Å². The number of para-hydroxylation sites is 1. The van der Waals surface area contributed by atoms with E-state index < -0.39 is 27.8 Å². The van der Waals surface area contributed by atoms with Crippen molar-refractivity contribution in [3.63, 3.8) is 0 Å². The molecule has 5 rings (SSSR count). The fraction of sp³-hybridized carbons (Fsp3) is 0.192. The first-order valence-corrected chi connectivity index (χ1v) is 13.6. The molecule has 1 unspecified atom stereocenters. The number of benzene rings is 3. The highest BCUT2D eigenvalue weighted by Crippen LogP contribution is 2.27. The van der Waals surface area contributed by atoms with E-state index in [9.17, 15) is 18.0 Å². The van der Waals surface area contributed by atoms with E-state index in [0.717, 1.165) is 11.1 Å². The van der Waals surface area contributed by atoms with Crippen molar-refractivity contribution in [1.29, 1.82) is 0 Å². The van der Waals surface area contributed by atoms with Gasteiger partial charge in [-0.1, -0.05) is 60.1 Å². The fourth-order valence-electron chi connectivity index (χ4n) is 4.30. The van der Waals surface area contributed by atoms with Crippen molar-refractivity contribution in [2.24, 2.45) is 4.99 Å². The Balaban J connectivity index is 1.49. The summed E-state index contributed by atoms with van der Waals surface area (Å²) < 4.78 is 23.8. The lowest BCUT2D eigenvalue weighted by molar-refractivity contribution is -0.117. The molecule has 1 fully saturated rings. The standard InChI is InChI=1S/C26H23ClN4O4S/c27-18-10-11-22(31-12-14-36(34,35)15-13-31)20(16-18)25(32)30-24-26(33)28-21-9-5-4-8-19(21)23(29-24)17-6-2-1-3-7-17/h1-11,16,24H,12-15H2,(H,28,33)(H,30,32). The maximum Gasteiger partial charge on any atom is 0.269 e. The third-order valence-electron chi connectivity index (χ3n) is 6.15. The number of carbonyl (C=O) groups excluding carboxylic acids is 2. The highest BCUT2D eigenvalue weighted by molar-refractivity contribution is 7.91. The normalized spacial score (nSPS) is 18.9. The molecule has 3 aromatic carbocycles. The molecule has 3 aromatic rings. The molecule has 0 bridgehead atoms. The van der Waals surface area contributed by atoms with E-state index in [0.29, 0.717) is 22.1 Å². The Morgan fingerprint density at radius 3 is 2.44 bits per heavy atom. The smallest absolute Gasteiger partial charge is 0.269 e. The summed E-state index contributed by atoms with van der Waals surface area (Å²) in [7, 11) is -3.10. The number of fused-ring (bicyclic) bond motifs is 1. The van der Waals surface area contributed by atoms with Gasteiger partial charge in [-0.3, -0.25) is 9.59 Å². The number of halogens is 1. The third kappa shape index (κ3) is 4.98. The second-order valence-electron chi connectivity index (χ2n) is 8.55. The first-order chi connectivity index (χ1) is 17.3. The summed E-state index contributed by atoms with van der Waals surface area (Å²) in [6.07, 6.45) is -1.20. The van der Waals surface area contributed by atoms with Gasteiger partial charge in [0.15, 0.2) is 9.84 Å². The van der Waals surface area contributed by atoms with Crippen LogP contribution < -0.4 is 15.5 Å². The third-order valence-corrected chi connectivity index (χ3v) is 7.99. The topological polar surface area (TPSA) is 108 Å². The van der Waals surface area contributed by atoms with Crippen LogP contribution in [-0.2, 0) is 14.6 Å². The average Bonchev–Trinajstić information content (AvgIpc) is 3.01. The highest BCUT2D eigenvalue weighted by atomic mass is 35.5. The molecular formula is C26H23ClN4O4S. The lowest BCUT2D eigenvalue weighted by Gasteiger charge is -2.30. The lowest BCUT2D eigenvalue weighted by Crippen LogP contribution is -2.44. The van der Waals surface area contributed by atoms with Crippen LogP contribution in [0.25, 0.3) is 0 Å². The van der Waals surface area contributed by atoms with E-state index in [1.165, 1.54) is 6.07 Å². The second-order valence-corrected chi connectivity index (χ2v) is 11.3. The van der Waals surface area contributed by atoms with Crippen LogP contribution in [0, 0.1) is 0 Å². The van der Waals surface area contributed by atoms with Crippen molar-refractivity contribution >= 4 is 50.3 Å². The number of rotatable bonds is 4. The van der Waals surface area contributed by atoms with Gasteiger partial charge < -0.3 is 15.5 Å². The zero-order valence-corrected chi connectivity index (χ0v) is 20.7. The molecule has 36 heavy (non-hydrogen) atoms. The Hall–Kier alpha value is -3.69. The molecule has 184 valence electrons. The van der Waals surface area contributed by atoms with E-state index in [2.05, 4.69) is 15.6 Å². The predicted molar refractivity (Wildman–Crippen MR) is 141 cm³/mol. The maximum atomic E-state index is 13.5. The van der Waals surface area contributed by atoms with Gasteiger partial charge in [-0.25, -0.2) is 13.4 Å². The predicted octanol–water partition coefficient (Wildman–Crippen LogP) is 3.12. The van der Waals surface area contributed by atoms with Gasteiger partial charge in [0, 0.05) is 34.9 Å². The minimum Gasteiger partial charge on any atom is -0.369 e. The van der Waals surface area contributed by atoms with Crippen LogP contribution in [0.1, 0.15) is 21.5 Å². The van der Waals surface area contributed by atoms with Crippen molar-refractivity contribution in [1.82, 2.24) is 5.32 Å². The van der Waals surface area contributed by atoms with Gasteiger partial charge in [-0.15, -0.1) is 0 Å². The molecular weight excluding hydrogens is 500 g/mol. The van der Waals surface area contributed by atoms with Gasteiger partial charge in [-0.2, -0.15) is 0 Å². The van der Waals surface area contributed by atoms with Gasteiger partial charge in [0.1, 0.15) is 0 Å². The van der Waals surface area contributed by atoms with Gasteiger partial charge in [0.25, 0.3) is 11.8 Å². The zero-order valence-electron chi connectivity index (χ0n) is 19.1. The number of hydrogen-bond acceptors (Lipinski definition) is 6. The van der Waals surface area contributed by atoms with Crippen molar-refractivity contribution in [2.75, 3.05) is 34.8 Å². The molecule has 8 nitrogen and oxygen atoms in total. The maximum absolute atomic E-state index is 13.5. The molecule has 2 amide bonds. The summed E-state index contributed by atoms with van der Waals surface area (Å²) in [5.41, 5.74) is 3.51. The summed E-state index contributed by atoms with van der Waals surface area (Å²) in [5, 5.41) is 5.94. The number of sulfone groups is 1. The van der Waals surface area contributed by atoms with Crippen molar-refractivity contribution in [3.8, 4) is 0 Å². The van der Waals surface area contributed by atoms with Crippen molar-refractivity contribution in [3.05, 3.63) is 94.5 Å². The van der Waals surface area contributed by atoms with Crippen LogP contribution in [0.2, 0.25) is 5.02 Å². The summed E-state index contributed by atoms with van der Waals surface area (Å²) in [5.74, 6) is -1.01. The van der Waals surface area contributed by atoms with E-state index in [4.69, 9.17) is 11.6 Å². The van der Waals surface area contributed by atoms with E-state index in [1.807, 2.05) is 53.4 Å². The minimum atomic E-state index is -3.10. The SMILES string of the molecule is O=C(NC1N=C(c2ccccc2)c2ccccc2NC1=O)c1cc(Cl)ccc1N1CCS(=O)(=O)CC1. The Labute approximate surface area is 213 Å². The highest BCUT2D eigenvalue weighted by Gasteiger charge is 2.30. The molecule has 2 aliphatic rings. The molecule has 0 spiro atoms. The van der Waals surface area contributed by atoms with Gasteiger partial charge in [0.2, 0.25) is 6.17 Å². The Bertz CT molecular complexity index is 1460. The van der Waals surface area contributed by atoms with Crippen LogP contribution in [0.4, 0.5) is 11.4 Å². The van der Waals surface area contributed by atoms with Crippen molar-refractivity contribution < 1.29 is 18.0 Å². The molecule has 0 radical (unpaired) electrons. The zero-order chi connectivity index (χ0) is 25.3. The van der Waals surface area contributed by atoms with E-state index in [1.54, 1.807) is 18.2 Å². The first-order valence-electron chi connectivity index (χ1n) is 11.4. The molecule has 0 aromatic heterocycles. The average molecular weight is 523 g/mol. The number of nitrogens with one attached hydrogen (secondary N) is 2. The summed E-state index contributed by atoms with van der Waals surface area (Å²) in [4.78, 5) is 33.1. The molecule has 2 N–H and O–H groups in total. The molecule has 0 aliphatic carbocycles. The van der Waals surface area contributed by atoms with E-state index in [-0.39, 0.29) is 30.2 Å². The second kappa shape index (κ2) is 9.75. The lowest BCUT2D eigenvalue weighted by atomic mass is 10.0. The molecule has 2 heterocycles. The largest absolute Gasteiger partial charge is 0.369 e. The van der Waals surface area contributed by atoms with Crippen LogP contribution in [0.3, 0.4) is 0 Å². The Morgan fingerprint density at radius 1 is 1.00 bits per heavy atom. The van der Waals surface area contributed by atoms with Gasteiger partial charge in [-0.05, 0) is 24.3 Å². The number of carbonyl (C=O) groups is 2. The number of anilines is 2. The Kier molecular flexibility index (Phi) is 6.51. The quantitative estimate of drug-likeness (QED) is 0.547. The minimum absolute atomic E-state index is 0.00467. The molecule has 2 aliphatic heterocycles. The first kappa shape index (κ1) is 24.0. The molecule has 1 atom stereocenters. The number of nitrogens with zero attached hydrogens (tertiary/aromatic N) is 2. The van der Waals surface area contributed by atoms with Crippen LogP contribution >= 0.6 is 11.6 Å². The van der Waals surface area contributed by atoms with Crippen molar-refractivity contribution in [2.45, 2.75) is 6.17 Å². The van der Waals surface area contributed by atoms with Crippen LogP contribution in [0.15, 0.2) is 77.8 Å². The summed E-state index contributed by atoms with van der Waals surface area (Å²) >= 11 is 6.21. The number of benzodiazepines with no additional fused rings is 1. The molecule has 10 heteroatoms. The van der Waals surface area contributed by atoms with Crippen LogP contribution in [-0.4, -0.2) is 56.7 Å². The summed E-state index contributed by atoms with van der Waals surface area (Å²) in [6.45, 7) is 0.527. The van der Waals surface area contributed by atoms with Gasteiger partial charge in [0.05, 0.1) is 28.5 Å². The fourth-order valence-corrected chi connectivity index (χ4v) is 5.68. The Morgan fingerprint density at radius 2 is 1.69 bits per heavy atom. The molecule has 0 saturated carbocycles.